The molecule has 0 bridgehead atoms. The van der Waals surface area contributed by atoms with E-state index in [1.807, 2.05) is 5.41 Å². The Morgan fingerprint density at radius 2 is 1.73 bits per heavy atom. The van der Waals surface area contributed by atoms with E-state index in [0.717, 1.165) is 4.36 Å². The third-order valence-electron chi connectivity index (χ3n) is 1.02. The van der Waals surface area contributed by atoms with Gasteiger partial charge in [0.2, 0.25) is 0 Å². The normalized spacial score (nSPS) is 23.2. The van der Waals surface area contributed by atoms with Gasteiger partial charge in [0.25, 0.3) is 0 Å². The summed E-state index contributed by atoms with van der Waals surface area (Å²) in [5, 5.41) is 6.18. The summed E-state index contributed by atoms with van der Waals surface area (Å²) in [4.78, 5) is 0. The van der Waals surface area contributed by atoms with Gasteiger partial charge in [0.15, 0.2) is 0 Å². The van der Waals surface area contributed by atoms with Crippen molar-refractivity contribution < 1.29 is 0 Å². The van der Waals surface area contributed by atoms with Gasteiger partial charge in [-0.2, -0.15) is 0 Å². The topological polar surface area (TPSA) is 0 Å². The van der Waals surface area contributed by atoms with Crippen molar-refractivity contribution in [2.24, 2.45) is 0 Å². The van der Waals surface area contributed by atoms with Gasteiger partial charge in [-0.3, -0.25) is 0 Å². The first-order valence-electron chi connectivity index (χ1n) is 2.79. The minimum atomic E-state index is 0.880. The summed E-state index contributed by atoms with van der Waals surface area (Å²) in [6, 6.07) is 0. The molecular formula is C6H3ClS4. The van der Waals surface area contributed by atoms with Crippen LogP contribution in [0.5, 0.6) is 0 Å². The van der Waals surface area contributed by atoms with Crippen LogP contribution in [0, 0.1) is 0 Å². The Bertz CT molecular complexity index is 256. The Kier molecular flexibility index (Phi) is 2.90. The molecule has 2 heterocycles. The lowest BCUT2D eigenvalue weighted by molar-refractivity contribution is 2.37. The summed E-state index contributed by atoms with van der Waals surface area (Å²) in [6.45, 7) is 0. The zero-order valence-corrected chi connectivity index (χ0v) is 9.26. The lowest BCUT2D eigenvalue weighted by atomic mass is 11.2. The second-order valence-corrected chi connectivity index (χ2v) is 6.64. The van der Waals surface area contributed by atoms with Gasteiger partial charge in [0.1, 0.15) is 0 Å². The smallest absolute Gasteiger partial charge is 0.0855 e. The van der Waals surface area contributed by atoms with Gasteiger partial charge in [0.05, 0.1) is 12.8 Å². The number of thioether (sulfide) groups is 4. The molecule has 11 heavy (non-hydrogen) atoms. The Labute approximate surface area is 87.3 Å². The molecule has 0 atom stereocenters. The Hall–Kier alpha value is 0.910. The molecule has 5 heteroatoms. The van der Waals surface area contributed by atoms with Crippen LogP contribution in [0.3, 0.4) is 0 Å². The second-order valence-electron chi connectivity index (χ2n) is 1.72. The minimum Gasteiger partial charge on any atom is -0.0884 e. The largest absolute Gasteiger partial charge is 0.0884 e. The maximum Gasteiger partial charge on any atom is 0.0855 e. The zero-order valence-electron chi connectivity index (χ0n) is 5.24. The first kappa shape index (κ1) is 8.51. The molecule has 0 aliphatic carbocycles. The fourth-order valence-corrected chi connectivity index (χ4v) is 5.19. The zero-order chi connectivity index (χ0) is 7.68. The average Bonchev–Trinajstić information content (AvgIpc) is 2.55. The molecule has 0 N–H and O–H groups in total. The van der Waals surface area contributed by atoms with Crippen LogP contribution in [-0.4, -0.2) is 0 Å². The van der Waals surface area contributed by atoms with Crippen LogP contribution < -0.4 is 0 Å². The third kappa shape index (κ3) is 1.98. The molecule has 2 aliphatic rings. The number of hydrogen-bond acceptors (Lipinski definition) is 4. The molecule has 0 amide bonds. The van der Waals surface area contributed by atoms with Gasteiger partial charge in [-0.15, -0.1) is 0 Å². The lowest BCUT2D eigenvalue weighted by Gasteiger charge is -1.97. The lowest BCUT2D eigenvalue weighted by Crippen LogP contribution is -1.63. The van der Waals surface area contributed by atoms with Gasteiger partial charge < -0.3 is 0 Å². The van der Waals surface area contributed by atoms with E-state index in [9.17, 15) is 0 Å². The number of halogens is 1. The van der Waals surface area contributed by atoms with Crippen molar-refractivity contribution in [1.29, 1.82) is 0 Å². The number of hydrogen-bond donors (Lipinski definition) is 0. The predicted octanol–water partition coefficient (Wildman–Crippen LogP) is 4.58. The first-order chi connectivity index (χ1) is 5.36. The fourth-order valence-electron chi connectivity index (χ4n) is 0.629. The third-order valence-corrected chi connectivity index (χ3v) is 6.30. The molecule has 0 radical (unpaired) electrons. The molecule has 2 aliphatic heterocycles. The van der Waals surface area contributed by atoms with Gasteiger partial charge in [-0.25, -0.2) is 0 Å². The Morgan fingerprint density at radius 3 is 2.27 bits per heavy atom. The standard InChI is InChI=1S/C6H3ClS4/c7-4-3-10-6(11-4)5-8-1-2-9-5/h1-3H. The molecule has 0 aromatic heterocycles. The van der Waals surface area contributed by atoms with Gasteiger partial charge in [0, 0.05) is 5.41 Å². The van der Waals surface area contributed by atoms with E-state index < -0.39 is 0 Å². The van der Waals surface area contributed by atoms with Gasteiger partial charge >= 0.3 is 0 Å². The van der Waals surface area contributed by atoms with E-state index in [1.54, 1.807) is 47.0 Å². The van der Waals surface area contributed by atoms with E-state index in [1.165, 1.54) is 8.47 Å². The van der Waals surface area contributed by atoms with Gasteiger partial charge in [-0.05, 0) is 10.8 Å². The van der Waals surface area contributed by atoms with Crippen LogP contribution in [0.25, 0.3) is 0 Å². The summed E-state index contributed by atoms with van der Waals surface area (Å²) < 4.78 is 3.55. The molecule has 0 saturated carbocycles. The van der Waals surface area contributed by atoms with Crippen LogP contribution in [0.2, 0.25) is 0 Å². The number of rotatable bonds is 0. The van der Waals surface area contributed by atoms with Crippen LogP contribution in [0.1, 0.15) is 0 Å². The predicted molar refractivity (Wildman–Crippen MR) is 60.5 cm³/mol. The van der Waals surface area contributed by atoms with E-state index in [4.69, 9.17) is 11.6 Å². The Morgan fingerprint density at radius 1 is 1.00 bits per heavy atom. The quantitative estimate of drug-likeness (QED) is 0.606. The molecule has 0 aromatic rings. The Balaban J connectivity index is 2.12. The summed E-state index contributed by atoms with van der Waals surface area (Å²) >= 11 is 12.7. The molecular weight excluding hydrogens is 236 g/mol. The second kappa shape index (κ2) is 3.75. The van der Waals surface area contributed by atoms with Crippen molar-refractivity contribution >= 4 is 58.6 Å². The van der Waals surface area contributed by atoms with Crippen LogP contribution in [0.15, 0.2) is 29.1 Å². The van der Waals surface area contributed by atoms with E-state index in [0.29, 0.717) is 0 Å². The summed E-state index contributed by atoms with van der Waals surface area (Å²) in [7, 11) is 0. The van der Waals surface area contributed by atoms with Gasteiger partial charge in [-0.1, -0.05) is 58.6 Å². The fraction of sp³-hybridized carbons (Fsp3) is 0. The average molecular weight is 239 g/mol. The summed E-state index contributed by atoms with van der Waals surface area (Å²) in [5.74, 6) is 0. The summed E-state index contributed by atoms with van der Waals surface area (Å²) in [6.07, 6.45) is 0. The summed E-state index contributed by atoms with van der Waals surface area (Å²) in [5.41, 5.74) is 0. The molecule has 0 unspecified atom stereocenters. The monoisotopic (exact) mass is 238 g/mol. The molecule has 0 saturated heterocycles. The van der Waals surface area contributed by atoms with Crippen molar-refractivity contribution in [2.45, 2.75) is 0 Å². The van der Waals surface area contributed by atoms with Crippen molar-refractivity contribution in [3.05, 3.63) is 29.1 Å². The molecule has 0 aromatic carbocycles. The highest BCUT2D eigenvalue weighted by molar-refractivity contribution is 8.33. The maximum absolute atomic E-state index is 5.82. The maximum atomic E-state index is 5.82. The highest BCUT2D eigenvalue weighted by Crippen LogP contribution is 2.53. The SMILES string of the molecule is ClC1=CSC(=C2SC=CS2)S1. The minimum absolute atomic E-state index is 0.880. The molecule has 0 spiro atoms. The molecule has 0 nitrogen and oxygen atoms in total. The van der Waals surface area contributed by atoms with E-state index >= 15 is 0 Å². The van der Waals surface area contributed by atoms with Crippen molar-refractivity contribution in [2.75, 3.05) is 0 Å². The molecule has 2 rings (SSSR count). The van der Waals surface area contributed by atoms with Crippen molar-refractivity contribution in [1.82, 2.24) is 0 Å². The van der Waals surface area contributed by atoms with Crippen LogP contribution in [-0.2, 0) is 0 Å². The van der Waals surface area contributed by atoms with Crippen molar-refractivity contribution in [3.63, 3.8) is 0 Å². The highest BCUT2D eigenvalue weighted by atomic mass is 35.5. The van der Waals surface area contributed by atoms with Crippen LogP contribution in [0.4, 0.5) is 0 Å². The van der Waals surface area contributed by atoms with Crippen molar-refractivity contribution in [3.8, 4) is 0 Å². The first-order valence-corrected chi connectivity index (χ1v) is 6.62. The highest BCUT2D eigenvalue weighted by Gasteiger charge is 2.16. The molecule has 58 valence electrons. The van der Waals surface area contributed by atoms with Crippen LogP contribution >= 0.6 is 58.6 Å². The van der Waals surface area contributed by atoms with E-state index in [2.05, 4.69) is 10.8 Å². The van der Waals surface area contributed by atoms with E-state index in [-0.39, 0.29) is 0 Å². The molecule has 0 fully saturated rings.